The van der Waals surface area contributed by atoms with Crippen LogP contribution in [-0.2, 0) is 14.1 Å². The van der Waals surface area contributed by atoms with E-state index in [1.807, 2.05) is 6.08 Å². The first-order valence-electron chi connectivity index (χ1n) is 7.42. The summed E-state index contributed by atoms with van der Waals surface area (Å²) in [4.78, 5) is 24.4. The van der Waals surface area contributed by atoms with Gasteiger partial charge in [0.05, 0.1) is 12.8 Å². The molecule has 24 heavy (non-hydrogen) atoms. The van der Waals surface area contributed by atoms with Gasteiger partial charge in [-0.3, -0.25) is 13.9 Å². The molecule has 7 heteroatoms. The van der Waals surface area contributed by atoms with E-state index in [0.717, 1.165) is 15.9 Å². The Morgan fingerprint density at radius 3 is 2.42 bits per heavy atom. The van der Waals surface area contributed by atoms with E-state index in [0.29, 0.717) is 11.4 Å². The highest BCUT2D eigenvalue weighted by Gasteiger charge is 2.23. The third-order valence-corrected chi connectivity index (χ3v) is 3.94. The van der Waals surface area contributed by atoms with Crippen LogP contribution in [0.2, 0.25) is 0 Å². The standard InChI is InChI=1S/C17H18N2O5/c1-18-14-11(10-24-13-6-4-12(22-3)5-7-13)8-9-23-15(14)16(20)19(2)17(18)21/h4-8H,9-10H2,1-3H3. The molecule has 0 unspecified atom stereocenters. The average Bonchev–Trinajstić information content (AvgIpc) is 2.63. The van der Waals surface area contributed by atoms with Crippen molar-refractivity contribution in [3.05, 3.63) is 56.9 Å². The summed E-state index contributed by atoms with van der Waals surface area (Å²) >= 11 is 0. The third kappa shape index (κ3) is 2.68. The van der Waals surface area contributed by atoms with E-state index in [4.69, 9.17) is 14.2 Å². The van der Waals surface area contributed by atoms with Crippen LogP contribution >= 0.6 is 0 Å². The summed E-state index contributed by atoms with van der Waals surface area (Å²) in [6.07, 6.45) is 1.81. The van der Waals surface area contributed by atoms with Crippen molar-refractivity contribution < 1.29 is 14.2 Å². The van der Waals surface area contributed by atoms with Crippen LogP contribution in [-0.4, -0.2) is 29.5 Å². The molecule has 0 saturated heterocycles. The molecule has 2 heterocycles. The summed E-state index contributed by atoms with van der Waals surface area (Å²) in [6.45, 7) is 0.491. The van der Waals surface area contributed by atoms with Crippen LogP contribution in [0.5, 0.6) is 17.2 Å². The molecule has 0 saturated carbocycles. The normalized spacial score (nSPS) is 12.9. The zero-order chi connectivity index (χ0) is 17.3. The Bertz CT molecular complexity index is 906. The molecule has 0 atom stereocenters. The largest absolute Gasteiger partial charge is 0.497 e. The monoisotopic (exact) mass is 330 g/mol. The van der Waals surface area contributed by atoms with Crippen molar-refractivity contribution in [3.63, 3.8) is 0 Å². The fourth-order valence-corrected chi connectivity index (χ4v) is 2.59. The summed E-state index contributed by atoms with van der Waals surface area (Å²) in [6, 6.07) is 7.19. The van der Waals surface area contributed by atoms with Gasteiger partial charge >= 0.3 is 5.69 Å². The second kappa shape index (κ2) is 6.27. The predicted octanol–water partition coefficient (Wildman–Crippen LogP) is 0.947. The smallest absolute Gasteiger partial charge is 0.331 e. The Morgan fingerprint density at radius 2 is 1.75 bits per heavy atom. The number of hydrogen-bond donors (Lipinski definition) is 0. The molecule has 3 rings (SSSR count). The van der Waals surface area contributed by atoms with Crippen LogP contribution in [0.15, 0.2) is 39.9 Å². The Morgan fingerprint density at radius 1 is 1.08 bits per heavy atom. The number of nitrogens with zero attached hydrogens (tertiary/aromatic N) is 2. The van der Waals surface area contributed by atoms with Crippen molar-refractivity contribution in [2.75, 3.05) is 20.3 Å². The molecule has 0 spiro atoms. The Hall–Kier alpha value is -2.96. The molecule has 1 aromatic heterocycles. The number of ether oxygens (including phenoxy) is 3. The number of fused-ring (bicyclic) bond motifs is 1. The highest BCUT2D eigenvalue weighted by molar-refractivity contribution is 5.70. The zero-order valence-corrected chi connectivity index (χ0v) is 13.7. The molecule has 0 aliphatic carbocycles. The van der Waals surface area contributed by atoms with Gasteiger partial charge in [-0.15, -0.1) is 0 Å². The van der Waals surface area contributed by atoms with Gasteiger partial charge in [-0.1, -0.05) is 0 Å². The van der Waals surface area contributed by atoms with E-state index in [9.17, 15) is 9.59 Å². The van der Waals surface area contributed by atoms with Gasteiger partial charge in [0, 0.05) is 19.7 Å². The molecule has 2 aromatic rings. The number of aromatic nitrogens is 2. The van der Waals surface area contributed by atoms with Gasteiger partial charge in [-0.2, -0.15) is 0 Å². The SMILES string of the molecule is COc1ccc(OCC2=CCOc3c2n(C)c(=O)n(C)c3=O)cc1. The van der Waals surface area contributed by atoms with Gasteiger partial charge in [0.2, 0.25) is 5.75 Å². The minimum atomic E-state index is -0.442. The number of hydrogen-bond acceptors (Lipinski definition) is 5. The first-order valence-corrected chi connectivity index (χ1v) is 7.42. The first-order chi connectivity index (χ1) is 11.5. The lowest BCUT2D eigenvalue weighted by Gasteiger charge is -2.21. The first kappa shape index (κ1) is 15.9. The number of benzene rings is 1. The number of rotatable bonds is 4. The molecule has 1 aliphatic heterocycles. The second-order valence-corrected chi connectivity index (χ2v) is 5.39. The quantitative estimate of drug-likeness (QED) is 0.834. The van der Waals surface area contributed by atoms with Crippen molar-refractivity contribution in [1.82, 2.24) is 9.13 Å². The van der Waals surface area contributed by atoms with Crippen LogP contribution in [0.4, 0.5) is 0 Å². The Kier molecular flexibility index (Phi) is 4.16. The Labute approximate surface area is 138 Å². The average molecular weight is 330 g/mol. The highest BCUT2D eigenvalue weighted by atomic mass is 16.5. The molecule has 0 N–H and O–H groups in total. The molecular formula is C17H18N2O5. The minimum absolute atomic E-state index is 0.176. The maximum absolute atomic E-state index is 12.2. The van der Waals surface area contributed by atoms with E-state index in [1.165, 1.54) is 11.6 Å². The van der Waals surface area contributed by atoms with Gasteiger partial charge in [0.15, 0.2) is 0 Å². The topological polar surface area (TPSA) is 71.7 Å². The van der Waals surface area contributed by atoms with Gasteiger partial charge in [-0.05, 0) is 30.3 Å². The van der Waals surface area contributed by atoms with Crippen LogP contribution in [0.3, 0.4) is 0 Å². The van der Waals surface area contributed by atoms with Gasteiger partial charge in [0.25, 0.3) is 5.56 Å². The molecule has 0 fully saturated rings. The van der Waals surface area contributed by atoms with Crippen LogP contribution in [0.25, 0.3) is 5.57 Å². The third-order valence-electron chi connectivity index (χ3n) is 3.94. The van der Waals surface area contributed by atoms with Crippen LogP contribution in [0, 0.1) is 0 Å². The zero-order valence-electron chi connectivity index (χ0n) is 13.7. The van der Waals surface area contributed by atoms with Crippen molar-refractivity contribution >= 4 is 5.57 Å². The van der Waals surface area contributed by atoms with Gasteiger partial charge < -0.3 is 14.2 Å². The maximum atomic E-state index is 12.2. The van der Waals surface area contributed by atoms with Gasteiger partial charge in [-0.25, -0.2) is 4.79 Å². The van der Waals surface area contributed by atoms with Crippen LogP contribution in [0.1, 0.15) is 5.69 Å². The lowest BCUT2D eigenvalue weighted by atomic mass is 10.1. The van der Waals surface area contributed by atoms with E-state index < -0.39 is 11.2 Å². The maximum Gasteiger partial charge on any atom is 0.331 e. The van der Waals surface area contributed by atoms with E-state index in [2.05, 4.69) is 0 Å². The molecule has 0 amide bonds. The van der Waals surface area contributed by atoms with Gasteiger partial charge in [0.1, 0.15) is 24.7 Å². The van der Waals surface area contributed by atoms with Crippen molar-refractivity contribution in [2.45, 2.75) is 0 Å². The lowest BCUT2D eigenvalue weighted by molar-refractivity contribution is 0.329. The van der Waals surface area contributed by atoms with Crippen molar-refractivity contribution in [3.8, 4) is 17.2 Å². The molecule has 0 bridgehead atoms. The molecule has 1 aromatic carbocycles. The fourth-order valence-electron chi connectivity index (χ4n) is 2.59. The van der Waals surface area contributed by atoms with Crippen molar-refractivity contribution in [1.29, 1.82) is 0 Å². The molecular weight excluding hydrogens is 312 g/mol. The fraction of sp³-hybridized carbons (Fsp3) is 0.294. The molecule has 1 aliphatic rings. The van der Waals surface area contributed by atoms with Crippen LogP contribution < -0.4 is 25.5 Å². The summed E-state index contributed by atoms with van der Waals surface area (Å²) in [5.41, 5.74) is 0.356. The number of methoxy groups -OCH3 is 1. The van der Waals surface area contributed by atoms with E-state index in [1.54, 1.807) is 38.4 Å². The molecule has 7 nitrogen and oxygen atoms in total. The predicted molar refractivity (Wildman–Crippen MR) is 88.9 cm³/mol. The Balaban J connectivity index is 1.90. The molecule has 126 valence electrons. The summed E-state index contributed by atoms with van der Waals surface area (Å²) < 4.78 is 18.7. The second-order valence-electron chi connectivity index (χ2n) is 5.39. The summed E-state index contributed by atoms with van der Waals surface area (Å²) in [5.74, 6) is 1.58. The highest BCUT2D eigenvalue weighted by Crippen LogP contribution is 2.26. The van der Waals surface area contributed by atoms with E-state index >= 15 is 0 Å². The minimum Gasteiger partial charge on any atom is -0.497 e. The lowest BCUT2D eigenvalue weighted by Crippen LogP contribution is -2.40. The summed E-state index contributed by atoms with van der Waals surface area (Å²) in [7, 11) is 4.64. The van der Waals surface area contributed by atoms with E-state index in [-0.39, 0.29) is 19.0 Å². The van der Waals surface area contributed by atoms with Crippen molar-refractivity contribution in [2.24, 2.45) is 14.1 Å². The molecule has 0 radical (unpaired) electrons. The summed E-state index contributed by atoms with van der Waals surface area (Å²) in [5, 5.41) is 0.